The lowest BCUT2D eigenvalue weighted by molar-refractivity contribution is -0.153. The van der Waals surface area contributed by atoms with Gasteiger partial charge in [0.25, 0.3) is 5.91 Å². The minimum atomic E-state index is -0.604. The Morgan fingerprint density at radius 3 is 2.81 bits per heavy atom. The van der Waals surface area contributed by atoms with Gasteiger partial charge in [0.05, 0.1) is 11.5 Å². The molecule has 1 fully saturated rings. The van der Waals surface area contributed by atoms with Crippen molar-refractivity contribution < 1.29 is 23.9 Å². The van der Waals surface area contributed by atoms with Crippen molar-refractivity contribution in [1.29, 1.82) is 5.26 Å². The van der Waals surface area contributed by atoms with Gasteiger partial charge >= 0.3 is 12.1 Å². The highest BCUT2D eigenvalue weighted by molar-refractivity contribution is 7.14. The molecular formula is C18H23N3O5S. The van der Waals surface area contributed by atoms with Crippen LogP contribution in [0, 0.1) is 17.2 Å². The molecule has 0 radical (unpaired) electrons. The van der Waals surface area contributed by atoms with Crippen molar-refractivity contribution in [3.8, 4) is 6.07 Å². The number of rotatable bonds is 4. The zero-order valence-corrected chi connectivity index (χ0v) is 16.4. The number of nitrogens with zero attached hydrogens (tertiary/aromatic N) is 2. The normalized spacial score (nSPS) is 17.0. The molecule has 1 aromatic rings. The number of esters is 1. The average Bonchev–Trinajstić information content (AvgIpc) is 3.05. The van der Waals surface area contributed by atoms with E-state index in [0.29, 0.717) is 30.0 Å². The first-order valence-electron chi connectivity index (χ1n) is 8.61. The first-order valence-corrected chi connectivity index (χ1v) is 9.49. The van der Waals surface area contributed by atoms with Crippen molar-refractivity contribution in [2.24, 2.45) is 5.92 Å². The third-order valence-corrected chi connectivity index (χ3v) is 4.62. The molecule has 0 aromatic carbocycles. The lowest BCUT2D eigenvalue weighted by Crippen LogP contribution is -2.45. The fraction of sp³-hybridized carbons (Fsp3) is 0.556. The van der Waals surface area contributed by atoms with Gasteiger partial charge in [0.15, 0.2) is 6.61 Å². The summed E-state index contributed by atoms with van der Waals surface area (Å²) >= 11 is 1.22. The molecule has 1 aromatic heterocycles. The second-order valence-electron chi connectivity index (χ2n) is 7.20. The summed E-state index contributed by atoms with van der Waals surface area (Å²) in [6.45, 7) is 5.64. The molecule has 27 heavy (non-hydrogen) atoms. The van der Waals surface area contributed by atoms with Crippen LogP contribution in [-0.2, 0) is 19.1 Å². The van der Waals surface area contributed by atoms with Gasteiger partial charge in [-0.3, -0.25) is 9.59 Å². The van der Waals surface area contributed by atoms with Gasteiger partial charge in [0.1, 0.15) is 16.7 Å². The minimum absolute atomic E-state index is 0.207. The number of likely N-dealkylation sites (tertiary alicyclic amines) is 1. The van der Waals surface area contributed by atoms with Crippen LogP contribution in [0.15, 0.2) is 11.4 Å². The lowest BCUT2D eigenvalue weighted by Gasteiger charge is -2.33. The SMILES string of the molecule is CC(C)(C)OC(=O)N1CCC[C@H](C(=O)OCC(=O)Nc2sccc2C#N)C1. The highest BCUT2D eigenvalue weighted by atomic mass is 32.1. The standard InChI is InChI=1S/C18H23N3O5S/c1-18(2,3)26-17(24)21-7-4-5-13(10-21)16(23)25-11-14(22)20-15-12(9-19)6-8-27-15/h6,8,13H,4-5,7,10-11H2,1-3H3,(H,20,22)/t13-/m0/s1. The number of thiophene rings is 1. The Labute approximate surface area is 162 Å². The van der Waals surface area contributed by atoms with Gasteiger partial charge in [-0.2, -0.15) is 5.26 Å². The van der Waals surface area contributed by atoms with E-state index < -0.39 is 36.1 Å². The summed E-state index contributed by atoms with van der Waals surface area (Å²) in [5.74, 6) is -1.53. The van der Waals surface area contributed by atoms with Crippen LogP contribution in [0.4, 0.5) is 9.80 Å². The van der Waals surface area contributed by atoms with Gasteiger partial charge in [-0.15, -0.1) is 11.3 Å². The van der Waals surface area contributed by atoms with Gasteiger partial charge in [-0.25, -0.2) is 4.79 Å². The maximum absolute atomic E-state index is 12.3. The molecule has 2 rings (SSSR count). The monoisotopic (exact) mass is 393 g/mol. The third-order valence-electron chi connectivity index (χ3n) is 3.79. The van der Waals surface area contributed by atoms with E-state index in [1.165, 1.54) is 16.2 Å². The Hall–Kier alpha value is -2.60. The summed E-state index contributed by atoms with van der Waals surface area (Å²) in [4.78, 5) is 37.8. The van der Waals surface area contributed by atoms with E-state index in [4.69, 9.17) is 14.7 Å². The molecule has 1 atom stereocenters. The number of hydrogen-bond acceptors (Lipinski definition) is 7. The maximum Gasteiger partial charge on any atom is 0.410 e. The molecule has 9 heteroatoms. The van der Waals surface area contributed by atoms with Gasteiger partial charge < -0.3 is 19.7 Å². The molecule has 0 saturated carbocycles. The van der Waals surface area contributed by atoms with E-state index in [1.54, 1.807) is 32.2 Å². The van der Waals surface area contributed by atoms with Crippen molar-refractivity contribution in [3.63, 3.8) is 0 Å². The molecule has 8 nitrogen and oxygen atoms in total. The summed E-state index contributed by atoms with van der Waals surface area (Å²) in [7, 11) is 0. The quantitative estimate of drug-likeness (QED) is 0.788. The number of amides is 2. The highest BCUT2D eigenvalue weighted by Crippen LogP contribution is 2.22. The molecule has 1 aliphatic heterocycles. The molecule has 0 spiro atoms. The molecule has 1 saturated heterocycles. The Morgan fingerprint density at radius 1 is 1.41 bits per heavy atom. The predicted octanol–water partition coefficient (Wildman–Crippen LogP) is 2.75. The van der Waals surface area contributed by atoms with Crippen molar-refractivity contribution >= 4 is 34.3 Å². The van der Waals surface area contributed by atoms with E-state index in [2.05, 4.69) is 5.32 Å². The van der Waals surface area contributed by atoms with Gasteiger partial charge in [0.2, 0.25) is 0 Å². The summed E-state index contributed by atoms with van der Waals surface area (Å²) in [6.07, 6.45) is 0.786. The van der Waals surface area contributed by atoms with Gasteiger partial charge in [-0.1, -0.05) is 0 Å². The second kappa shape index (κ2) is 8.86. The third kappa shape index (κ3) is 6.25. The molecule has 0 unspecified atom stereocenters. The van der Waals surface area contributed by atoms with Gasteiger partial charge in [0, 0.05) is 13.1 Å². The zero-order chi connectivity index (χ0) is 20.0. The maximum atomic E-state index is 12.3. The van der Waals surface area contributed by atoms with Gasteiger partial charge in [-0.05, 0) is 45.1 Å². The van der Waals surface area contributed by atoms with Crippen LogP contribution in [0.25, 0.3) is 0 Å². The van der Waals surface area contributed by atoms with E-state index in [0.717, 1.165) is 0 Å². The molecular weight excluding hydrogens is 370 g/mol. The number of anilines is 1. The van der Waals surface area contributed by atoms with Crippen LogP contribution in [0.2, 0.25) is 0 Å². The van der Waals surface area contributed by atoms with Crippen LogP contribution < -0.4 is 5.32 Å². The second-order valence-corrected chi connectivity index (χ2v) is 8.11. The fourth-order valence-electron chi connectivity index (χ4n) is 2.57. The van der Waals surface area contributed by atoms with Crippen molar-refractivity contribution in [2.75, 3.05) is 25.0 Å². The van der Waals surface area contributed by atoms with Crippen molar-refractivity contribution in [3.05, 3.63) is 17.0 Å². The van der Waals surface area contributed by atoms with Crippen LogP contribution in [0.3, 0.4) is 0 Å². The number of hydrogen-bond donors (Lipinski definition) is 1. The van der Waals surface area contributed by atoms with Crippen molar-refractivity contribution in [1.82, 2.24) is 4.90 Å². The highest BCUT2D eigenvalue weighted by Gasteiger charge is 2.32. The molecule has 146 valence electrons. The lowest BCUT2D eigenvalue weighted by atomic mass is 9.98. The van der Waals surface area contributed by atoms with E-state index in [9.17, 15) is 14.4 Å². The molecule has 0 aliphatic carbocycles. The Bertz CT molecular complexity index is 747. The molecule has 2 amide bonds. The summed E-state index contributed by atoms with van der Waals surface area (Å²) in [5.41, 5.74) is -0.243. The number of piperidine rings is 1. The summed E-state index contributed by atoms with van der Waals surface area (Å²) in [5, 5.41) is 13.6. The van der Waals surface area contributed by atoms with E-state index in [1.807, 2.05) is 6.07 Å². The number of ether oxygens (including phenoxy) is 2. The van der Waals surface area contributed by atoms with Crippen LogP contribution in [0.5, 0.6) is 0 Å². The Kier molecular flexibility index (Phi) is 6.80. The first-order chi connectivity index (χ1) is 12.7. The Balaban J connectivity index is 1.82. The van der Waals surface area contributed by atoms with Crippen LogP contribution in [0.1, 0.15) is 39.2 Å². The van der Waals surface area contributed by atoms with Crippen LogP contribution in [-0.4, -0.2) is 48.2 Å². The predicted molar refractivity (Wildman–Crippen MR) is 99.2 cm³/mol. The number of carbonyl (C=O) groups excluding carboxylic acids is 3. The Morgan fingerprint density at radius 2 is 2.15 bits per heavy atom. The minimum Gasteiger partial charge on any atom is -0.455 e. The molecule has 0 bridgehead atoms. The average molecular weight is 393 g/mol. The molecule has 2 heterocycles. The first kappa shape index (κ1) is 20.7. The van der Waals surface area contributed by atoms with Crippen molar-refractivity contribution in [2.45, 2.75) is 39.2 Å². The molecule has 1 aliphatic rings. The summed E-state index contributed by atoms with van der Waals surface area (Å²) in [6, 6.07) is 3.56. The van der Waals surface area contributed by atoms with E-state index >= 15 is 0 Å². The van der Waals surface area contributed by atoms with Crippen LogP contribution >= 0.6 is 11.3 Å². The topological polar surface area (TPSA) is 109 Å². The zero-order valence-electron chi connectivity index (χ0n) is 15.6. The molecule has 1 N–H and O–H groups in total. The number of carbonyl (C=O) groups is 3. The number of nitrogens with one attached hydrogen (secondary N) is 1. The smallest absolute Gasteiger partial charge is 0.410 e. The number of nitriles is 1. The summed E-state index contributed by atoms with van der Waals surface area (Å²) < 4.78 is 10.4. The van der Waals surface area contributed by atoms with E-state index in [-0.39, 0.29) is 6.54 Å². The fourth-order valence-corrected chi connectivity index (χ4v) is 3.33. The largest absolute Gasteiger partial charge is 0.455 e.